The van der Waals surface area contributed by atoms with Crippen LogP contribution in [0.2, 0.25) is 0 Å². The lowest BCUT2D eigenvalue weighted by Crippen LogP contribution is -2.07. The Kier molecular flexibility index (Phi) is 9.59. The molecule has 0 radical (unpaired) electrons. The number of aromatic nitrogens is 4. The Bertz CT molecular complexity index is 3940. The van der Waals surface area contributed by atoms with Gasteiger partial charge in [0.05, 0.1) is 50.4 Å². The number of hydrogen-bond acceptors (Lipinski definition) is 3. The molecule has 12 rings (SSSR count). The molecule has 4 aromatic heterocycles. The zero-order valence-electron chi connectivity index (χ0n) is 36.2. The molecule has 0 atom stereocenters. The number of nitrogens with zero attached hydrogens (tertiary/aromatic N) is 5. The highest BCUT2D eigenvalue weighted by Gasteiger charge is 2.31. The van der Waals surface area contributed by atoms with Crippen molar-refractivity contribution in [1.29, 1.82) is 5.26 Å². The molecule has 0 spiro atoms. The molecule has 0 saturated heterocycles. The average molecular weight is 884 g/mol. The number of rotatable bonds is 7. The largest absolute Gasteiger partial charge is 0.416 e. The van der Waals surface area contributed by atoms with E-state index in [1.165, 1.54) is 12.1 Å². The summed E-state index contributed by atoms with van der Waals surface area (Å²) in [5.41, 5.74) is 12.4. The summed E-state index contributed by atoms with van der Waals surface area (Å²) >= 11 is 0. The van der Waals surface area contributed by atoms with Crippen LogP contribution < -0.4 is 0 Å². The Balaban J connectivity index is 1.07. The number of nitriles is 1. The molecule has 0 aliphatic carbocycles. The van der Waals surface area contributed by atoms with Gasteiger partial charge >= 0.3 is 6.18 Å². The highest BCUT2D eigenvalue weighted by molar-refractivity contribution is 6.13. The van der Waals surface area contributed by atoms with Crippen LogP contribution in [0.4, 0.5) is 13.2 Å². The van der Waals surface area contributed by atoms with Gasteiger partial charge in [0.15, 0.2) is 0 Å². The first-order valence-electron chi connectivity index (χ1n) is 22.2. The molecular weight excluding hydrogens is 848 g/mol. The monoisotopic (exact) mass is 883 g/mol. The summed E-state index contributed by atoms with van der Waals surface area (Å²) in [6, 6.07) is 68.5. The van der Waals surface area contributed by atoms with Crippen molar-refractivity contribution in [2.75, 3.05) is 0 Å². The van der Waals surface area contributed by atoms with Crippen LogP contribution in [-0.2, 0) is 6.18 Å². The van der Waals surface area contributed by atoms with Crippen LogP contribution in [-0.4, -0.2) is 19.1 Å². The highest BCUT2D eigenvalue weighted by atomic mass is 19.4. The second-order valence-electron chi connectivity index (χ2n) is 16.8. The van der Waals surface area contributed by atoms with Crippen molar-refractivity contribution < 1.29 is 13.2 Å². The minimum atomic E-state index is -4.58. The van der Waals surface area contributed by atoms with Gasteiger partial charge in [0.2, 0.25) is 0 Å². The second-order valence-corrected chi connectivity index (χ2v) is 16.8. The Morgan fingerprint density at radius 2 is 0.882 bits per heavy atom. The predicted molar refractivity (Wildman–Crippen MR) is 268 cm³/mol. The molecule has 8 heteroatoms. The molecule has 0 saturated carbocycles. The molecular formula is C60H36F3N5. The zero-order chi connectivity index (χ0) is 45.9. The van der Waals surface area contributed by atoms with Gasteiger partial charge in [-0.2, -0.15) is 18.4 Å². The van der Waals surface area contributed by atoms with Gasteiger partial charge in [-0.25, -0.2) is 0 Å². The second kappa shape index (κ2) is 16.1. The number of fused-ring (bicyclic) bond motifs is 6. The molecule has 0 aliphatic rings. The van der Waals surface area contributed by atoms with Crippen LogP contribution in [0.1, 0.15) is 11.1 Å². The van der Waals surface area contributed by atoms with Gasteiger partial charge < -0.3 is 9.13 Å². The zero-order valence-corrected chi connectivity index (χ0v) is 36.2. The quantitative estimate of drug-likeness (QED) is 0.160. The first-order chi connectivity index (χ1) is 33.3. The molecule has 322 valence electrons. The molecule has 0 N–H and O–H groups in total. The van der Waals surface area contributed by atoms with Crippen LogP contribution in [0.25, 0.3) is 111 Å². The third-order valence-corrected chi connectivity index (χ3v) is 12.9. The van der Waals surface area contributed by atoms with E-state index in [4.69, 9.17) is 9.97 Å². The summed E-state index contributed by atoms with van der Waals surface area (Å²) in [4.78, 5) is 9.59. The molecule has 0 fully saturated rings. The number of pyridine rings is 2. The Hall–Kier alpha value is -9.06. The number of para-hydroxylation sites is 2. The van der Waals surface area contributed by atoms with E-state index in [9.17, 15) is 18.4 Å². The van der Waals surface area contributed by atoms with Crippen molar-refractivity contribution >= 4 is 43.6 Å². The number of alkyl halides is 3. The lowest BCUT2D eigenvalue weighted by Gasteiger charge is -2.20. The highest BCUT2D eigenvalue weighted by Crippen LogP contribution is 2.44. The van der Waals surface area contributed by atoms with E-state index in [2.05, 4.69) is 53.1 Å². The van der Waals surface area contributed by atoms with E-state index in [0.717, 1.165) is 94.4 Å². The van der Waals surface area contributed by atoms with E-state index in [-0.39, 0.29) is 0 Å². The van der Waals surface area contributed by atoms with Gasteiger partial charge in [0, 0.05) is 61.8 Å². The molecule has 0 amide bonds. The summed E-state index contributed by atoms with van der Waals surface area (Å²) in [5, 5.41) is 15.4. The maximum Gasteiger partial charge on any atom is 0.416 e. The summed E-state index contributed by atoms with van der Waals surface area (Å²) < 4.78 is 47.4. The number of hydrogen-bond donors (Lipinski definition) is 0. The standard InChI is InChI=1S/C60H36F3N5/c61-60(62,63)45-17-11-16-42(32-45)46-26-31-58(67-54-20-9-7-18-47(54)49-33-40(24-29-56(49)67)43-22-27-52(65-36-43)38-12-3-1-4-13-38)51(35-64)59(46)68-55-21-10-8-19-48(55)50-34-41(25-30-57(50)68)44-23-28-53(66-37-44)39-14-5-2-6-15-39/h1-34,36-37H. The molecule has 0 unspecified atom stereocenters. The van der Waals surface area contributed by atoms with E-state index >= 15 is 0 Å². The Labute approximate surface area is 388 Å². The normalized spacial score (nSPS) is 11.7. The van der Waals surface area contributed by atoms with Gasteiger partial charge in [-0.1, -0.05) is 140 Å². The van der Waals surface area contributed by atoms with Crippen LogP contribution in [0.5, 0.6) is 0 Å². The minimum Gasteiger partial charge on any atom is -0.308 e. The lowest BCUT2D eigenvalue weighted by molar-refractivity contribution is -0.137. The number of benzene rings is 8. The molecule has 0 bridgehead atoms. The average Bonchev–Trinajstić information content (AvgIpc) is 3.90. The van der Waals surface area contributed by atoms with Gasteiger partial charge in [-0.15, -0.1) is 0 Å². The van der Waals surface area contributed by atoms with E-state index in [1.54, 1.807) is 6.07 Å². The van der Waals surface area contributed by atoms with Crippen molar-refractivity contribution in [3.63, 3.8) is 0 Å². The Morgan fingerprint density at radius 1 is 0.397 bits per heavy atom. The van der Waals surface area contributed by atoms with Crippen molar-refractivity contribution in [3.05, 3.63) is 230 Å². The molecule has 68 heavy (non-hydrogen) atoms. The third-order valence-electron chi connectivity index (χ3n) is 12.9. The summed E-state index contributed by atoms with van der Waals surface area (Å²) in [6.07, 6.45) is -0.811. The van der Waals surface area contributed by atoms with Crippen molar-refractivity contribution in [1.82, 2.24) is 19.1 Å². The van der Waals surface area contributed by atoms with Gasteiger partial charge in [-0.05, 0) is 83.4 Å². The van der Waals surface area contributed by atoms with Crippen LogP contribution in [0.15, 0.2) is 219 Å². The van der Waals surface area contributed by atoms with Gasteiger partial charge in [-0.3, -0.25) is 9.97 Å². The smallest absolute Gasteiger partial charge is 0.308 e. The molecule has 0 aliphatic heterocycles. The molecule has 4 heterocycles. The minimum absolute atomic E-state index is 0.305. The third kappa shape index (κ3) is 6.79. The van der Waals surface area contributed by atoms with E-state index < -0.39 is 11.7 Å². The summed E-state index contributed by atoms with van der Waals surface area (Å²) in [5.74, 6) is 0. The van der Waals surface area contributed by atoms with Crippen molar-refractivity contribution in [2.45, 2.75) is 6.18 Å². The van der Waals surface area contributed by atoms with E-state index in [0.29, 0.717) is 28.1 Å². The molecule has 8 aromatic carbocycles. The van der Waals surface area contributed by atoms with Crippen LogP contribution in [0.3, 0.4) is 0 Å². The first kappa shape index (κ1) is 40.4. The maximum atomic E-state index is 14.4. The van der Waals surface area contributed by atoms with Crippen molar-refractivity contribution in [2.24, 2.45) is 0 Å². The fraction of sp³-hybridized carbons (Fsp3) is 0.0167. The predicted octanol–water partition coefficient (Wildman–Crippen LogP) is 15.9. The Morgan fingerprint density at radius 3 is 1.41 bits per heavy atom. The molecule has 5 nitrogen and oxygen atoms in total. The molecule has 12 aromatic rings. The lowest BCUT2D eigenvalue weighted by atomic mass is 9.96. The summed E-state index contributed by atoms with van der Waals surface area (Å²) in [6.45, 7) is 0. The first-order valence-corrected chi connectivity index (χ1v) is 22.2. The number of halogens is 3. The van der Waals surface area contributed by atoms with Gasteiger partial charge in [0.1, 0.15) is 11.6 Å². The van der Waals surface area contributed by atoms with Gasteiger partial charge in [0.25, 0.3) is 0 Å². The maximum absolute atomic E-state index is 14.4. The topological polar surface area (TPSA) is 59.4 Å². The van der Waals surface area contributed by atoms with Crippen LogP contribution >= 0.6 is 0 Å². The fourth-order valence-corrected chi connectivity index (χ4v) is 9.70. The van der Waals surface area contributed by atoms with E-state index in [1.807, 2.05) is 156 Å². The fourth-order valence-electron chi connectivity index (χ4n) is 9.70. The van der Waals surface area contributed by atoms with Crippen LogP contribution in [0, 0.1) is 11.3 Å². The summed E-state index contributed by atoms with van der Waals surface area (Å²) in [7, 11) is 0. The SMILES string of the molecule is N#Cc1c(-n2c3ccccc3c3cc(-c4ccc(-c5ccccc5)nc4)ccc32)ccc(-c2cccc(C(F)(F)F)c2)c1-n1c2ccccc2c2cc(-c3ccc(-c4ccccc4)nc3)ccc21. The van der Waals surface area contributed by atoms with Crippen molar-refractivity contribution in [3.8, 4) is 73.3 Å².